The lowest BCUT2D eigenvalue weighted by Gasteiger charge is -2.29. The Morgan fingerprint density at radius 2 is 2.05 bits per heavy atom. The van der Waals surface area contributed by atoms with Gasteiger partial charge in [-0.15, -0.1) is 6.58 Å². The van der Waals surface area contributed by atoms with E-state index in [0.29, 0.717) is 13.2 Å². The second kappa shape index (κ2) is 5.58. The van der Waals surface area contributed by atoms with Crippen LogP contribution in [0.2, 0.25) is 0 Å². The Kier molecular flexibility index (Phi) is 4.37. The van der Waals surface area contributed by atoms with Gasteiger partial charge in [-0.1, -0.05) is 12.2 Å². The van der Waals surface area contributed by atoms with E-state index in [0.717, 1.165) is 5.57 Å². The first-order valence-electron chi connectivity index (χ1n) is 6.86. The summed E-state index contributed by atoms with van der Waals surface area (Å²) in [6.45, 7) is 11.6. The van der Waals surface area contributed by atoms with Gasteiger partial charge in [0, 0.05) is 0 Å². The molecule has 1 N–H and O–H groups in total. The van der Waals surface area contributed by atoms with Gasteiger partial charge in [0.15, 0.2) is 12.1 Å². The van der Waals surface area contributed by atoms with E-state index < -0.39 is 23.8 Å². The molecule has 0 bridgehead atoms. The number of ether oxygens (including phenoxy) is 4. The van der Waals surface area contributed by atoms with Crippen molar-refractivity contribution in [1.29, 1.82) is 0 Å². The lowest BCUT2D eigenvalue weighted by molar-refractivity contribution is -0.216. The summed E-state index contributed by atoms with van der Waals surface area (Å²) in [4.78, 5) is 0. The standard InChI is InChI=1S/C15H24O5/c1-6-8-17-9-7-10-11-13(20-15(4,5)19-11)18-12(10)14(2,3)16/h6-7,11-13,16H,1,8-9H2,2-5H3/b10-7+/t11-,12+,13-/m1/s1. The van der Waals surface area contributed by atoms with Crippen LogP contribution < -0.4 is 0 Å². The highest BCUT2D eigenvalue weighted by Crippen LogP contribution is 2.43. The summed E-state index contributed by atoms with van der Waals surface area (Å²) < 4.78 is 22.8. The van der Waals surface area contributed by atoms with E-state index in [4.69, 9.17) is 18.9 Å². The second-order valence-electron chi connectivity index (χ2n) is 6.12. The van der Waals surface area contributed by atoms with Gasteiger partial charge in [-0.25, -0.2) is 0 Å². The zero-order valence-electron chi connectivity index (χ0n) is 12.6. The third kappa shape index (κ3) is 3.30. The Hall–Kier alpha value is -0.720. The van der Waals surface area contributed by atoms with Crippen LogP contribution in [0.4, 0.5) is 0 Å². The molecule has 0 saturated carbocycles. The predicted octanol–water partition coefficient (Wildman–Crippen LogP) is 1.76. The fourth-order valence-electron chi connectivity index (χ4n) is 2.52. The lowest BCUT2D eigenvalue weighted by atomic mass is 9.93. The maximum absolute atomic E-state index is 10.2. The minimum absolute atomic E-state index is 0.297. The minimum atomic E-state index is -1.01. The van der Waals surface area contributed by atoms with Crippen molar-refractivity contribution in [2.45, 2.75) is 57.6 Å². The molecule has 2 aliphatic heterocycles. The summed E-state index contributed by atoms with van der Waals surface area (Å²) in [5, 5.41) is 10.2. The number of hydrogen-bond acceptors (Lipinski definition) is 5. The molecule has 5 nitrogen and oxygen atoms in total. The van der Waals surface area contributed by atoms with Crippen molar-refractivity contribution in [2.24, 2.45) is 0 Å². The molecule has 2 saturated heterocycles. The molecule has 2 aliphatic rings. The van der Waals surface area contributed by atoms with Gasteiger partial charge in [0.05, 0.1) is 18.8 Å². The molecule has 2 heterocycles. The number of hydrogen-bond donors (Lipinski definition) is 1. The molecule has 114 valence electrons. The van der Waals surface area contributed by atoms with Crippen LogP contribution in [-0.4, -0.2) is 48.2 Å². The molecule has 0 aromatic heterocycles. The van der Waals surface area contributed by atoms with Gasteiger partial charge in [0.25, 0.3) is 0 Å². The molecule has 2 rings (SSSR count). The highest BCUT2D eigenvalue weighted by Gasteiger charge is 2.54. The summed E-state index contributed by atoms with van der Waals surface area (Å²) in [7, 11) is 0. The van der Waals surface area contributed by atoms with E-state index in [1.165, 1.54) is 0 Å². The van der Waals surface area contributed by atoms with E-state index in [1.54, 1.807) is 19.9 Å². The number of rotatable bonds is 5. The Labute approximate surface area is 120 Å². The normalized spacial score (nSPS) is 34.5. The van der Waals surface area contributed by atoms with E-state index >= 15 is 0 Å². The molecule has 0 spiro atoms. The maximum atomic E-state index is 10.2. The third-order valence-electron chi connectivity index (χ3n) is 3.27. The van der Waals surface area contributed by atoms with Crippen LogP contribution in [0.3, 0.4) is 0 Å². The SMILES string of the molecule is C=CCOC/C=C1\[C@H]2OC(C)(C)O[C@H]2O[C@@H]1C(C)(C)O. The summed E-state index contributed by atoms with van der Waals surface area (Å²) in [6.07, 6.45) is 2.36. The summed E-state index contributed by atoms with van der Waals surface area (Å²) >= 11 is 0. The van der Waals surface area contributed by atoms with Gasteiger partial charge >= 0.3 is 0 Å². The van der Waals surface area contributed by atoms with Crippen LogP contribution in [0.5, 0.6) is 0 Å². The molecule has 0 amide bonds. The van der Waals surface area contributed by atoms with Gasteiger partial charge < -0.3 is 24.1 Å². The molecule has 3 atom stereocenters. The zero-order chi connectivity index (χ0) is 15.0. The van der Waals surface area contributed by atoms with Crippen LogP contribution in [0.1, 0.15) is 27.7 Å². The van der Waals surface area contributed by atoms with Crippen molar-refractivity contribution < 1.29 is 24.1 Å². The second-order valence-corrected chi connectivity index (χ2v) is 6.12. The van der Waals surface area contributed by atoms with E-state index in [2.05, 4.69) is 6.58 Å². The van der Waals surface area contributed by atoms with Crippen LogP contribution in [0, 0.1) is 0 Å². The smallest absolute Gasteiger partial charge is 0.191 e. The molecule has 2 fully saturated rings. The largest absolute Gasteiger partial charge is 0.387 e. The summed E-state index contributed by atoms with van der Waals surface area (Å²) in [5.74, 6) is -0.680. The molecular formula is C15H24O5. The van der Waals surface area contributed by atoms with Crippen molar-refractivity contribution in [2.75, 3.05) is 13.2 Å². The van der Waals surface area contributed by atoms with E-state index in [-0.39, 0.29) is 6.10 Å². The maximum Gasteiger partial charge on any atom is 0.191 e. The number of fused-ring (bicyclic) bond motifs is 1. The molecule has 20 heavy (non-hydrogen) atoms. The van der Waals surface area contributed by atoms with Crippen molar-refractivity contribution in [3.63, 3.8) is 0 Å². The van der Waals surface area contributed by atoms with Crippen molar-refractivity contribution in [3.05, 3.63) is 24.3 Å². The first kappa shape index (κ1) is 15.7. The van der Waals surface area contributed by atoms with Crippen LogP contribution >= 0.6 is 0 Å². The van der Waals surface area contributed by atoms with Gasteiger partial charge in [-0.05, 0) is 33.3 Å². The monoisotopic (exact) mass is 284 g/mol. The van der Waals surface area contributed by atoms with Gasteiger partial charge in [-0.2, -0.15) is 0 Å². The Balaban J connectivity index is 2.15. The first-order chi connectivity index (χ1) is 9.24. The van der Waals surface area contributed by atoms with Crippen molar-refractivity contribution in [3.8, 4) is 0 Å². The highest BCUT2D eigenvalue weighted by molar-refractivity contribution is 5.24. The lowest BCUT2D eigenvalue weighted by Crippen LogP contribution is -2.39. The first-order valence-corrected chi connectivity index (χ1v) is 6.86. The summed E-state index contributed by atoms with van der Waals surface area (Å²) in [6, 6.07) is 0. The molecule has 0 aromatic carbocycles. The quantitative estimate of drug-likeness (QED) is 0.616. The highest BCUT2D eigenvalue weighted by atomic mass is 16.8. The van der Waals surface area contributed by atoms with Crippen molar-refractivity contribution >= 4 is 0 Å². The summed E-state index contributed by atoms with van der Waals surface area (Å²) in [5.41, 5.74) is -0.136. The third-order valence-corrected chi connectivity index (χ3v) is 3.27. The molecular weight excluding hydrogens is 260 g/mol. The fraction of sp³-hybridized carbons (Fsp3) is 0.733. The van der Waals surface area contributed by atoms with E-state index in [1.807, 2.05) is 19.9 Å². The van der Waals surface area contributed by atoms with Crippen molar-refractivity contribution in [1.82, 2.24) is 0 Å². The minimum Gasteiger partial charge on any atom is -0.387 e. The van der Waals surface area contributed by atoms with Gasteiger partial charge in [0.2, 0.25) is 0 Å². The van der Waals surface area contributed by atoms with Crippen LogP contribution in [-0.2, 0) is 18.9 Å². The fourth-order valence-corrected chi connectivity index (χ4v) is 2.52. The molecule has 0 radical (unpaired) electrons. The topological polar surface area (TPSA) is 57.2 Å². The van der Waals surface area contributed by atoms with Gasteiger partial charge in [-0.3, -0.25) is 0 Å². The molecule has 0 aliphatic carbocycles. The average Bonchev–Trinajstić information content (AvgIpc) is 2.77. The average molecular weight is 284 g/mol. The van der Waals surface area contributed by atoms with E-state index in [9.17, 15) is 5.11 Å². The number of aliphatic hydroxyl groups is 1. The zero-order valence-corrected chi connectivity index (χ0v) is 12.6. The molecule has 0 aromatic rings. The molecule has 5 heteroatoms. The Bertz CT molecular complexity index is 394. The van der Waals surface area contributed by atoms with Crippen LogP contribution in [0.25, 0.3) is 0 Å². The molecule has 0 unspecified atom stereocenters. The van der Waals surface area contributed by atoms with Crippen LogP contribution in [0.15, 0.2) is 24.3 Å². The Morgan fingerprint density at radius 3 is 2.65 bits per heavy atom. The Morgan fingerprint density at radius 1 is 1.35 bits per heavy atom. The van der Waals surface area contributed by atoms with Gasteiger partial charge in [0.1, 0.15) is 12.2 Å². The predicted molar refractivity (Wildman–Crippen MR) is 74.1 cm³/mol.